The second-order valence-electron chi connectivity index (χ2n) is 7.80. The quantitative estimate of drug-likeness (QED) is 0.473. The highest BCUT2D eigenvalue weighted by molar-refractivity contribution is 6.00. The Hall–Kier alpha value is -2.45. The normalized spacial score (nSPS) is 13.0. The van der Waals surface area contributed by atoms with Crippen LogP contribution in [0.2, 0.25) is 0 Å². The number of ketones is 1. The molecule has 0 saturated carbocycles. The van der Waals surface area contributed by atoms with Gasteiger partial charge in [0.25, 0.3) is 5.89 Å². The van der Waals surface area contributed by atoms with E-state index in [1.54, 1.807) is 12.1 Å². The van der Waals surface area contributed by atoms with Crippen LogP contribution in [0.15, 0.2) is 22.9 Å². The van der Waals surface area contributed by atoms with Crippen molar-refractivity contribution in [2.24, 2.45) is 5.92 Å². The highest BCUT2D eigenvalue weighted by atomic mass is 16.5. The van der Waals surface area contributed by atoms with Crippen molar-refractivity contribution in [1.82, 2.24) is 15.5 Å². The first kappa shape index (κ1) is 20.9. The molecule has 1 aromatic heterocycles. The van der Waals surface area contributed by atoms with Gasteiger partial charge in [-0.3, -0.25) is 4.79 Å². The van der Waals surface area contributed by atoms with Crippen LogP contribution in [-0.4, -0.2) is 45.9 Å². The largest absolute Gasteiger partial charge is 0.488 e. The highest BCUT2D eigenvalue weighted by Gasteiger charge is 2.21. The molecule has 0 fully saturated rings. The molecule has 0 amide bonds. The summed E-state index contributed by atoms with van der Waals surface area (Å²) in [6.45, 7) is 10.0. The van der Waals surface area contributed by atoms with Crippen LogP contribution in [-0.2, 0) is 0 Å². The van der Waals surface area contributed by atoms with Crippen molar-refractivity contribution in [1.29, 1.82) is 0 Å². The standard InChI is InChI=1S/C19H28N4O4/c1-11(2)16(25)12-6-14(18-23-22-10-27-18)17(15(20)7-12)26-9-13(24)8-21-19(3,4)5/h6-7,10-11,13,21,24H,8-9,20H2,1-5H3. The number of Topliss-reactive ketones (excluding diaryl/α,β-unsaturated/α-hetero) is 1. The molecule has 0 saturated heterocycles. The lowest BCUT2D eigenvalue weighted by Gasteiger charge is -2.23. The number of carbonyl (C=O) groups is 1. The second kappa shape index (κ2) is 8.49. The second-order valence-corrected chi connectivity index (χ2v) is 7.80. The zero-order valence-electron chi connectivity index (χ0n) is 16.4. The summed E-state index contributed by atoms with van der Waals surface area (Å²) in [7, 11) is 0. The van der Waals surface area contributed by atoms with Crippen molar-refractivity contribution in [3.63, 3.8) is 0 Å². The van der Waals surface area contributed by atoms with E-state index in [0.717, 1.165) is 0 Å². The number of hydrogen-bond donors (Lipinski definition) is 3. The number of aromatic nitrogens is 2. The minimum absolute atomic E-state index is 0.0197. The van der Waals surface area contributed by atoms with E-state index < -0.39 is 6.10 Å². The molecule has 2 rings (SSSR count). The summed E-state index contributed by atoms with van der Waals surface area (Å²) in [5.74, 6) is 0.257. The molecule has 1 heterocycles. The molecular weight excluding hydrogens is 348 g/mol. The predicted molar refractivity (Wildman–Crippen MR) is 103 cm³/mol. The van der Waals surface area contributed by atoms with Crippen LogP contribution in [0, 0.1) is 5.92 Å². The van der Waals surface area contributed by atoms with E-state index in [9.17, 15) is 9.90 Å². The third-order valence-corrected chi connectivity index (χ3v) is 3.81. The van der Waals surface area contributed by atoms with Gasteiger partial charge in [0.15, 0.2) is 11.5 Å². The Bertz CT molecular complexity index is 767. The van der Waals surface area contributed by atoms with Crippen LogP contribution in [0.1, 0.15) is 45.0 Å². The molecule has 1 aromatic carbocycles. The highest BCUT2D eigenvalue weighted by Crippen LogP contribution is 2.36. The zero-order chi connectivity index (χ0) is 20.2. The van der Waals surface area contributed by atoms with Crippen molar-refractivity contribution in [2.45, 2.75) is 46.3 Å². The number of β-amino-alcohol motifs (C(OH)–C–C–N with tert-alkyl or cyclic N) is 1. The molecule has 1 atom stereocenters. The van der Waals surface area contributed by atoms with Crippen LogP contribution in [0.3, 0.4) is 0 Å². The number of benzene rings is 1. The summed E-state index contributed by atoms with van der Waals surface area (Å²) in [5.41, 5.74) is 7.15. The van der Waals surface area contributed by atoms with Gasteiger partial charge in [-0.25, -0.2) is 0 Å². The average molecular weight is 376 g/mol. The van der Waals surface area contributed by atoms with Crippen LogP contribution in [0.4, 0.5) is 5.69 Å². The fourth-order valence-electron chi connectivity index (χ4n) is 2.40. The number of nitrogens with two attached hydrogens (primary N) is 1. The molecule has 27 heavy (non-hydrogen) atoms. The van der Waals surface area contributed by atoms with E-state index in [4.69, 9.17) is 14.9 Å². The fourth-order valence-corrected chi connectivity index (χ4v) is 2.40. The first-order chi connectivity index (χ1) is 12.6. The van der Waals surface area contributed by atoms with Crippen molar-refractivity contribution in [2.75, 3.05) is 18.9 Å². The number of anilines is 1. The smallest absolute Gasteiger partial charge is 0.251 e. The van der Waals surface area contributed by atoms with E-state index >= 15 is 0 Å². The molecular formula is C19H28N4O4. The number of nitrogens with zero attached hydrogens (tertiary/aromatic N) is 2. The molecule has 0 aliphatic heterocycles. The first-order valence-corrected chi connectivity index (χ1v) is 8.88. The van der Waals surface area contributed by atoms with Gasteiger partial charge < -0.3 is 25.3 Å². The van der Waals surface area contributed by atoms with E-state index in [0.29, 0.717) is 23.4 Å². The number of carbonyl (C=O) groups excluding carboxylic acids is 1. The summed E-state index contributed by atoms with van der Waals surface area (Å²) in [5, 5.41) is 20.9. The maximum atomic E-state index is 12.4. The van der Waals surface area contributed by atoms with Crippen LogP contribution in [0.25, 0.3) is 11.5 Å². The van der Waals surface area contributed by atoms with Crippen molar-refractivity contribution >= 4 is 11.5 Å². The molecule has 0 aliphatic rings. The molecule has 148 valence electrons. The zero-order valence-corrected chi connectivity index (χ0v) is 16.4. The summed E-state index contributed by atoms with van der Waals surface area (Å²) >= 11 is 0. The number of hydrogen-bond acceptors (Lipinski definition) is 8. The van der Waals surface area contributed by atoms with E-state index in [2.05, 4.69) is 15.5 Å². The molecule has 0 aliphatic carbocycles. The van der Waals surface area contributed by atoms with Gasteiger partial charge in [0, 0.05) is 23.6 Å². The molecule has 0 spiro atoms. The molecule has 0 bridgehead atoms. The Labute approximate surface area is 159 Å². The van der Waals surface area contributed by atoms with Gasteiger partial charge in [-0.1, -0.05) is 13.8 Å². The number of aliphatic hydroxyl groups is 1. The Morgan fingerprint density at radius 1 is 1.37 bits per heavy atom. The molecule has 8 heteroatoms. The number of aliphatic hydroxyl groups excluding tert-OH is 1. The van der Waals surface area contributed by atoms with Gasteiger partial charge in [-0.15, -0.1) is 10.2 Å². The van der Waals surface area contributed by atoms with Gasteiger partial charge in [-0.2, -0.15) is 0 Å². The third kappa shape index (κ3) is 5.77. The average Bonchev–Trinajstić information content (AvgIpc) is 3.11. The van der Waals surface area contributed by atoms with Gasteiger partial charge in [0.05, 0.1) is 11.3 Å². The molecule has 4 N–H and O–H groups in total. The van der Waals surface area contributed by atoms with E-state index in [1.807, 2.05) is 34.6 Å². The maximum Gasteiger partial charge on any atom is 0.251 e. The van der Waals surface area contributed by atoms with Crippen molar-refractivity contribution in [3.8, 4) is 17.2 Å². The third-order valence-electron chi connectivity index (χ3n) is 3.81. The van der Waals surface area contributed by atoms with Gasteiger partial charge >= 0.3 is 0 Å². The Morgan fingerprint density at radius 2 is 2.07 bits per heavy atom. The molecule has 0 radical (unpaired) electrons. The Balaban J connectivity index is 2.26. The van der Waals surface area contributed by atoms with Crippen LogP contribution in [0.5, 0.6) is 5.75 Å². The Kier molecular flexibility index (Phi) is 6.56. The number of rotatable bonds is 8. The summed E-state index contributed by atoms with van der Waals surface area (Å²) < 4.78 is 11.0. The maximum absolute atomic E-state index is 12.4. The lowest BCUT2D eigenvalue weighted by Crippen LogP contribution is -2.42. The molecule has 1 unspecified atom stereocenters. The van der Waals surface area contributed by atoms with Gasteiger partial charge in [0.2, 0.25) is 6.39 Å². The lowest BCUT2D eigenvalue weighted by atomic mass is 9.98. The van der Waals surface area contributed by atoms with Crippen molar-refractivity contribution < 1.29 is 19.1 Å². The predicted octanol–water partition coefficient (Wildman–Crippen LogP) is 2.29. The number of nitrogen functional groups attached to an aromatic ring is 1. The van der Waals surface area contributed by atoms with E-state index in [-0.39, 0.29) is 35.4 Å². The molecule has 8 nitrogen and oxygen atoms in total. The van der Waals surface area contributed by atoms with Crippen LogP contribution < -0.4 is 15.8 Å². The summed E-state index contributed by atoms with van der Waals surface area (Å²) in [4.78, 5) is 12.4. The lowest BCUT2D eigenvalue weighted by molar-refractivity contribution is 0.0938. The molecule has 2 aromatic rings. The minimum Gasteiger partial charge on any atom is -0.488 e. The summed E-state index contributed by atoms with van der Waals surface area (Å²) in [6.07, 6.45) is 0.449. The minimum atomic E-state index is -0.740. The fraction of sp³-hybridized carbons (Fsp3) is 0.526. The van der Waals surface area contributed by atoms with Crippen LogP contribution >= 0.6 is 0 Å². The first-order valence-electron chi connectivity index (χ1n) is 8.88. The van der Waals surface area contributed by atoms with Crippen molar-refractivity contribution in [3.05, 3.63) is 24.1 Å². The SMILES string of the molecule is CC(C)C(=O)c1cc(N)c(OCC(O)CNC(C)(C)C)c(-c2nnco2)c1. The summed E-state index contributed by atoms with van der Waals surface area (Å²) in [6, 6.07) is 3.19. The Morgan fingerprint density at radius 3 is 2.63 bits per heavy atom. The van der Waals surface area contributed by atoms with E-state index in [1.165, 1.54) is 6.39 Å². The number of ether oxygens (including phenoxy) is 1. The number of nitrogens with one attached hydrogen (secondary N) is 1. The van der Waals surface area contributed by atoms with Gasteiger partial charge in [-0.05, 0) is 32.9 Å². The monoisotopic (exact) mass is 376 g/mol. The topological polar surface area (TPSA) is 124 Å². The van der Waals surface area contributed by atoms with Gasteiger partial charge in [0.1, 0.15) is 12.7 Å².